The maximum absolute atomic E-state index is 5.27. The van der Waals surface area contributed by atoms with Crippen molar-refractivity contribution < 1.29 is 4.74 Å². The predicted octanol–water partition coefficient (Wildman–Crippen LogP) is 2.67. The maximum atomic E-state index is 5.27. The number of methoxy groups -OCH3 is 1. The Labute approximate surface area is 152 Å². The van der Waals surface area contributed by atoms with Crippen LogP contribution in [-0.4, -0.2) is 57.7 Å². The summed E-state index contributed by atoms with van der Waals surface area (Å²) in [7, 11) is 3.53. The molecule has 0 unspecified atom stereocenters. The van der Waals surface area contributed by atoms with Crippen LogP contribution in [0, 0.1) is 0 Å². The first-order valence-electron chi connectivity index (χ1n) is 9.61. The summed E-state index contributed by atoms with van der Waals surface area (Å²) in [5.41, 5.74) is 1.27. The Morgan fingerprint density at radius 1 is 1.12 bits per heavy atom. The summed E-state index contributed by atoms with van der Waals surface area (Å²) >= 11 is 0. The van der Waals surface area contributed by atoms with Crippen molar-refractivity contribution in [1.29, 1.82) is 0 Å². The minimum absolute atomic E-state index is 0.860. The molecule has 1 heterocycles. The van der Waals surface area contributed by atoms with Crippen molar-refractivity contribution in [3.05, 3.63) is 29.8 Å². The van der Waals surface area contributed by atoms with Crippen molar-refractivity contribution in [3.63, 3.8) is 0 Å². The molecule has 0 atom stereocenters. The normalized spacial score (nSPS) is 16.3. The molecule has 1 saturated heterocycles. The highest BCUT2D eigenvalue weighted by Gasteiger charge is 2.08. The number of benzene rings is 1. The van der Waals surface area contributed by atoms with Crippen molar-refractivity contribution in [3.8, 4) is 5.75 Å². The van der Waals surface area contributed by atoms with E-state index < -0.39 is 0 Å². The Kier molecular flexibility index (Phi) is 9.19. The number of rotatable bonds is 8. The van der Waals surface area contributed by atoms with Gasteiger partial charge in [0.15, 0.2) is 5.96 Å². The Hall–Kier alpha value is -1.75. The summed E-state index contributed by atoms with van der Waals surface area (Å²) in [5, 5.41) is 6.81. The second-order valence-corrected chi connectivity index (χ2v) is 6.64. The lowest BCUT2D eigenvalue weighted by Crippen LogP contribution is -2.39. The molecular formula is C20H34N4O. The van der Waals surface area contributed by atoms with Crippen LogP contribution >= 0.6 is 0 Å². The number of nitrogens with one attached hydrogen (secondary N) is 2. The number of hydrogen-bond donors (Lipinski definition) is 2. The van der Waals surface area contributed by atoms with E-state index in [1.54, 1.807) is 7.11 Å². The fourth-order valence-electron chi connectivity index (χ4n) is 3.24. The van der Waals surface area contributed by atoms with Crippen LogP contribution in [0.5, 0.6) is 5.75 Å². The fraction of sp³-hybridized carbons (Fsp3) is 0.650. The van der Waals surface area contributed by atoms with Gasteiger partial charge in [-0.3, -0.25) is 4.99 Å². The number of ether oxygens (including phenoxy) is 1. The third kappa shape index (κ3) is 7.78. The lowest BCUT2D eigenvalue weighted by atomic mass is 10.1. The van der Waals surface area contributed by atoms with Crippen molar-refractivity contribution in [1.82, 2.24) is 15.5 Å². The number of nitrogens with zero attached hydrogens (tertiary/aromatic N) is 2. The van der Waals surface area contributed by atoms with E-state index >= 15 is 0 Å². The van der Waals surface area contributed by atoms with Crippen molar-refractivity contribution in [2.45, 2.75) is 38.5 Å². The van der Waals surface area contributed by atoms with Gasteiger partial charge in [0, 0.05) is 20.1 Å². The van der Waals surface area contributed by atoms with E-state index in [2.05, 4.69) is 32.7 Å². The molecular weight excluding hydrogens is 312 g/mol. The molecule has 0 amide bonds. The third-order valence-corrected chi connectivity index (χ3v) is 4.71. The molecule has 1 aliphatic rings. The largest absolute Gasteiger partial charge is 0.497 e. The quantitative estimate of drug-likeness (QED) is 0.432. The van der Waals surface area contributed by atoms with E-state index in [9.17, 15) is 0 Å². The number of aliphatic imine (C=N–C) groups is 1. The standard InChI is InChI=1S/C20H34N4O/c1-21-20(22-12-8-16-24-14-5-3-4-6-15-24)23-13-11-18-9-7-10-19(17-18)25-2/h7,9-10,17H,3-6,8,11-16H2,1-2H3,(H2,21,22,23). The summed E-state index contributed by atoms with van der Waals surface area (Å²) in [6.07, 6.45) is 7.64. The second kappa shape index (κ2) is 11.7. The molecule has 140 valence electrons. The Bertz CT molecular complexity index is 510. The van der Waals surface area contributed by atoms with E-state index in [0.717, 1.165) is 37.6 Å². The average Bonchev–Trinajstić information content (AvgIpc) is 2.92. The van der Waals surface area contributed by atoms with Crippen LogP contribution in [0.25, 0.3) is 0 Å². The zero-order chi connectivity index (χ0) is 17.7. The molecule has 0 bridgehead atoms. The molecule has 25 heavy (non-hydrogen) atoms. The molecule has 0 aliphatic carbocycles. The Morgan fingerprint density at radius 2 is 1.88 bits per heavy atom. The van der Waals surface area contributed by atoms with Gasteiger partial charge in [-0.25, -0.2) is 0 Å². The highest BCUT2D eigenvalue weighted by atomic mass is 16.5. The molecule has 2 N–H and O–H groups in total. The van der Waals surface area contributed by atoms with Crippen LogP contribution in [0.2, 0.25) is 0 Å². The van der Waals surface area contributed by atoms with Crippen LogP contribution in [0.4, 0.5) is 0 Å². The van der Waals surface area contributed by atoms with Crippen molar-refractivity contribution in [2.24, 2.45) is 4.99 Å². The molecule has 0 aromatic heterocycles. The second-order valence-electron chi connectivity index (χ2n) is 6.64. The minimum Gasteiger partial charge on any atom is -0.497 e. The first-order valence-corrected chi connectivity index (χ1v) is 9.61. The number of guanidine groups is 1. The van der Waals surface area contributed by atoms with E-state index in [1.165, 1.54) is 50.9 Å². The molecule has 5 heteroatoms. The zero-order valence-corrected chi connectivity index (χ0v) is 15.9. The van der Waals surface area contributed by atoms with Crippen LogP contribution in [0.1, 0.15) is 37.7 Å². The van der Waals surface area contributed by atoms with Crippen LogP contribution < -0.4 is 15.4 Å². The third-order valence-electron chi connectivity index (χ3n) is 4.71. The van der Waals surface area contributed by atoms with E-state index in [4.69, 9.17) is 4.74 Å². The summed E-state index contributed by atoms with van der Waals surface area (Å²) in [5.74, 6) is 1.80. The monoisotopic (exact) mass is 346 g/mol. The van der Waals surface area contributed by atoms with E-state index in [1.807, 2.05) is 19.2 Å². The fourth-order valence-corrected chi connectivity index (χ4v) is 3.24. The molecule has 1 aromatic carbocycles. The van der Waals surface area contributed by atoms with Gasteiger partial charge in [0.05, 0.1) is 7.11 Å². The van der Waals surface area contributed by atoms with Crippen LogP contribution in [0.15, 0.2) is 29.3 Å². The topological polar surface area (TPSA) is 48.9 Å². The molecule has 0 radical (unpaired) electrons. The average molecular weight is 347 g/mol. The van der Waals surface area contributed by atoms with E-state index in [-0.39, 0.29) is 0 Å². The van der Waals surface area contributed by atoms with Gasteiger partial charge >= 0.3 is 0 Å². The Balaban J connectivity index is 1.60. The van der Waals surface area contributed by atoms with Crippen molar-refractivity contribution >= 4 is 5.96 Å². The molecule has 1 aromatic rings. The molecule has 1 fully saturated rings. The molecule has 1 aliphatic heterocycles. The summed E-state index contributed by atoms with van der Waals surface area (Å²) in [6, 6.07) is 8.21. The molecule has 2 rings (SSSR count). The summed E-state index contributed by atoms with van der Waals surface area (Å²) in [4.78, 5) is 6.91. The molecule has 0 saturated carbocycles. The first-order chi connectivity index (χ1) is 12.3. The highest BCUT2D eigenvalue weighted by Crippen LogP contribution is 2.12. The van der Waals surface area contributed by atoms with Gasteiger partial charge in [-0.05, 0) is 63.0 Å². The zero-order valence-electron chi connectivity index (χ0n) is 15.9. The Morgan fingerprint density at radius 3 is 2.60 bits per heavy atom. The molecule has 0 spiro atoms. The van der Waals surface area contributed by atoms with Crippen LogP contribution in [-0.2, 0) is 6.42 Å². The number of likely N-dealkylation sites (tertiary alicyclic amines) is 1. The van der Waals surface area contributed by atoms with E-state index in [0.29, 0.717) is 0 Å². The van der Waals surface area contributed by atoms with Gasteiger partial charge in [-0.1, -0.05) is 25.0 Å². The lowest BCUT2D eigenvalue weighted by Gasteiger charge is -2.20. The SMILES string of the molecule is CN=C(NCCCN1CCCCCC1)NCCc1cccc(OC)c1. The van der Waals surface area contributed by atoms with Gasteiger partial charge in [0.2, 0.25) is 0 Å². The summed E-state index contributed by atoms with van der Waals surface area (Å²) in [6.45, 7) is 5.56. The lowest BCUT2D eigenvalue weighted by molar-refractivity contribution is 0.282. The van der Waals surface area contributed by atoms with Gasteiger partial charge in [0.1, 0.15) is 5.75 Å². The summed E-state index contributed by atoms with van der Waals surface area (Å²) < 4.78 is 5.27. The maximum Gasteiger partial charge on any atom is 0.190 e. The van der Waals surface area contributed by atoms with Crippen molar-refractivity contribution in [2.75, 3.05) is 46.9 Å². The minimum atomic E-state index is 0.860. The molecule has 5 nitrogen and oxygen atoms in total. The first kappa shape index (κ1) is 19.6. The highest BCUT2D eigenvalue weighted by molar-refractivity contribution is 5.79. The van der Waals surface area contributed by atoms with Gasteiger partial charge in [0.25, 0.3) is 0 Å². The van der Waals surface area contributed by atoms with Gasteiger partial charge < -0.3 is 20.3 Å². The predicted molar refractivity (Wildman–Crippen MR) is 106 cm³/mol. The van der Waals surface area contributed by atoms with Gasteiger partial charge in [-0.2, -0.15) is 0 Å². The number of hydrogen-bond acceptors (Lipinski definition) is 3. The smallest absolute Gasteiger partial charge is 0.190 e. The van der Waals surface area contributed by atoms with Crippen LogP contribution in [0.3, 0.4) is 0 Å². The van der Waals surface area contributed by atoms with Gasteiger partial charge in [-0.15, -0.1) is 0 Å².